The van der Waals surface area contributed by atoms with Gasteiger partial charge in [-0.15, -0.1) is 0 Å². The molecule has 0 spiro atoms. The van der Waals surface area contributed by atoms with Crippen LogP contribution in [-0.2, 0) is 11.3 Å². The second kappa shape index (κ2) is 13.1. The fraction of sp³-hybridized carbons (Fsp3) is 0.552. The molecular weight excluding hydrogens is 475 g/mol. The molecule has 0 unspecified atom stereocenters. The Labute approximate surface area is 219 Å². The number of hydrogen-bond donors (Lipinski definition) is 1. The number of amides is 1. The number of benzene rings is 2. The first-order chi connectivity index (χ1) is 18.0. The van der Waals surface area contributed by atoms with E-state index in [4.69, 9.17) is 14.2 Å². The molecule has 2 aromatic rings. The van der Waals surface area contributed by atoms with Crippen molar-refractivity contribution < 1.29 is 28.5 Å². The molecule has 202 valence electrons. The third-order valence-electron chi connectivity index (χ3n) is 7.26. The fourth-order valence-corrected chi connectivity index (χ4v) is 4.95. The number of hydrogen-bond acceptors (Lipinski definition) is 6. The van der Waals surface area contributed by atoms with Crippen LogP contribution in [0.1, 0.15) is 50.5 Å². The Kier molecular flexibility index (Phi) is 9.63. The van der Waals surface area contributed by atoms with Crippen LogP contribution < -0.4 is 14.2 Å². The van der Waals surface area contributed by atoms with E-state index in [2.05, 4.69) is 4.90 Å². The second-order valence-corrected chi connectivity index (χ2v) is 10.1. The Hall–Kier alpha value is -2.84. The van der Waals surface area contributed by atoms with E-state index >= 15 is 0 Å². The van der Waals surface area contributed by atoms with Crippen LogP contribution in [0.15, 0.2) is 42.5 Å². The molecule has 2 aliphatic rings. The van der Waals surface area contributed by atoms with Gasteiger partial charge in [0.15, 0.2) is 23.1 Å². The zero-order chi connectivity index (χ0) is 26.1. The van der Waals surface area contributed by atoms with Crippen molar-refractivity contribution >= 4 is 5.91 Å². The summed E-state index contributed by atoms with van der Waals surface area (Å²) in [5.41, 5.74) is 0.138. The van der Waals surface area contributed by atoms with Crippen molar-refractivity contribution in [1.82, 2.24) is 9.80 Å². The Bertz CT molecular complexity index is 1030. The first-order valence-corrected chi connectivity index (χ1v) is 13.4. The van der Waals surface area contributed by atoms with Gasteiger partial charge in [0.05, 0.1) is 13.7 Å². The van der Waals surface area contributed by atoms with Crippen LogP contribution >= 0.6 is 0 Å². The molecule has 1 N–H and O–H groups in total. The lowest BCUT2D eigenvalue weighted by molar-refractivity contribution is -0.130. The van der Waals surface area contributed by atoms with Crippen LogP contribution in [0.25, 0.3) is 0 Å². The molecule has 2 aliphatic heterocycles. The summed E-state index contributed by atoms with van der Waals surface area (Å²) in [4.78, 5) is 16.4. The highest BCUT2D eigenvalue weighted by atomic mass is 19.1. The number of piperidine rings is 1. The van der Waals surface area contributed by atoms with E-state index in [-0.39, 0.29) is 18.3 Å². The summed E-state index contributed by atoms with van der Waals surface area (Å²) in [5.74, 6) is 1.40. The van der Waals surface area contributed by atoms with Gasteiger partial charge in [-0.05, 0) is 61.9 Å². The first-order valence-electron chi connectivity index (χ1n) is 13.4. The lowest BCUT2D eigenvalue weighted by atomic mass is 9.92. The molecule has 2 heterocycles. The van der Waals surface area contributed by atoms with Crippen LogP contribution in [0, 0.1) is 5.82 Å². The van der Waals surface area contributed by atoms with Gasteiger partial charge in [-0.3, -0.25) is 9.69 Å². The van der Waals surface area contributed by atoms with E-state index in [1.165, 1.54) is 6.07 Å². The molecule has 37 heavy (non-hydrogen) atoms. The zero-order valence-corrected chi connectivity index (χ0v) is 21.8. The number of nitrogens with zero attached hydrogens (tertiary/aromatic N) is 2. The third kappa shape index (κ3) is 7.82. The SMILES string of the molecule is COc1cc(CN2CCC(O)(COc3ccccc3F)CC2)ccc1OCCCN1CCCCCC1=O. The van der Waals surface area contributed by atoms with Gasteiger partial charge in [0, 0.05) is 39.1 Å². The minimum atomic E-state index is -0.966. The summed E-state index contributed by atoms with van der Waals surface area (Å²) in [7, 11) is 1.64. The largest absolute Gasteiger partial charge is 0.493 e. The quantitative estimate of drug-likeness (QED) is 0.448. The maximum Gasteiger partial charge on any atom is 0.222 e. The van der Waals surface area contributed by atoms with Gasteiger partial charge in [0.1, 0.15) is 12.2 Å². The summed E-state index contributed by atoms with van der Waals surface area (Å²) >= 11 is 0. The smallest absolute Gasteiger partial charge is 0.222 e. The maximum atomic E-state index is 13.8. The molecule has 7 nitrogen and oxygen atoms in total. The number of ether oxygens (including phenoxy) is 3. The number of para-hydroxylation sites is 1. The van der Waals surface area contributed by atoms with Crippen LogP contribution in [0.4, 0.5) is 4.39 Å². The molecule has 2 fully saturated rings. The standard InChI is InChI=1S/C29H39FN2O5/c1-35-27-20-23(11-12-26(27)36-19-7-16-32-15-6-2-3-10-28(32)33)21-31-17-13-29(34,14-18-31)22-37-25-9-5-4-8-24(25)30/h4-5,8-9,11-12,20,34H,2-3,6-7,10,13-19,21-22H2,1H3. The molecule has 0 atom stereocenters. The molecule has 0 saturated carbocycles. The van der Waals surface area contributed by atoms with Crippen LogP contribution in [-0.4, -0.2) is 72.9 Å². The Morgan fingerprint density at radius 2 is 1.78 bits per heavy atom. The van der Waals surface area contributed by atoms with E-state index in [0.717, 1.165) is 50.9 Å². The van der Waals surface area contributed by atoms with Gasteiger partial charge in [-0.1, -0.05) is 24.6 Å². The highest BCUT2D eigenvalue weighted by molar-refractivity contribution is 5.76. The number of carbonyl (C=O) groups excluding carboxylic acids is 1. The second-order valence-electron chi connectivity index (χ2n) is 10.1. The molecule has 1 amide bonds. The van der Waals surface area contributed by atoms with Gasteiger partial charge in [-0.2, -0.15) is 0 Å². The van der Waals surface area contributed by atoms with Crippen LogP contribution in [0.2, 0.25) is 0 Å². The molecule has 2 saturated heterocycles. The van der Waals surface area contributed by atoms with Crippen molar-refractivity contribution in [2.75, 3.05) is 46.5 Å². The Morgan fingerprint density at radius 1 is 0.973 bits per heavy atom. The van der Waals surface area contributed by atoms with Crippen LogP contribution in [0.3, 0.4) is 0 Å². The van der Waals surface area contributed by atoms with Crippen molar-refractivity contribution in [3.63, 3.8) is 0 Å². The summed E-state index contributed by atoms with van der Waals surface area (Å²) in [6.45, 7) is 4.35. The van der Waals surface area contributed by atoms with Crippen LogP contribution in [0.5, 0.6) is 17.2 Å². The van der Waals surface area contributed by atoms with Gasteiger partial charge in [0.25, 0.3) is 0 Å². The molecule has 0 aliphatic carbocycles. The average Bonchev–Trinajstić information content (AvgIpc) is 3.12. The van der Waals surface area contributed by atoms with Crippen molar-refractivity contribution in [1.29, 1.82) is 0 Å². The minimum Gasteiger partial charge on any atom is -0.493 e. The number of rotatable bonds is 11. The van der Waals surface area contributed by atoms with E-state index in [1.807, 2.05) is 23.1 Å². The summed E-state index contributed by atoms with van der Waals surface area (Å²) in [6.07, 6.45) is 5.77. The van der Waals surface area contributed by atoms with E-state index < -0.39 is 11.4 Å². The fourth-order valence-electron chi connectivity index (χ4n) is 4.95. The normalized spacial score (nSPS) is 18.4. The average molecular weight is 515 g/mol. The van der Waals surface area contributed by atoms with Gasteiger partial charge < -0.3 is 24.2 Å². The Morgan fingerprint density at radius 3 is 2.57 bits per heavy atom. The highest BCUT2D eigenvalue weighted by Crippen LogP contribution is 2.30. The van der Waals surface area contributed by atoms with Gasteiger partial charge in [-0.25, -0.2) is 4.39 Å². The molecule has 0 aromatic heterocycles. The predicted molar refractivity (Wildman–Crippen MR) is 140 cm³/mol. The molecule has 4 rings (SSSR count). The zero-order valence-electron chi connectivity index (χ0n) is 21.8. The summed E-state index contributed by atoms with van der Waals surface area (Å²) < 4.78 is 30.9. The van der Waals surface area contributed by atoms with Crippen molar-refractivity contribution in [2.24, 2.45) is 0 Å². The van der Waals surface area contributed by atoms with Crippen molar-refractivity contribution in [3.8, 4) is 17.2 Å². The lowest BCUT2D eigenvalue weighted by Crippen LogP contribution is -2.47. The molecule has 8 heteroatoms. The monoisotopic (exact) mass is 514 g/mol. The minimum absolute atomic E-state index is 0.0769. The summed E-state index contributed by atoms with van der Waals surface area (Å²) in [6, 6.07) is 12.2. The number of halogens is 1. The molecular formula is C29H39FN2O5. The maximum absolute atomic E-state index is 13.8. The number of carbonyl (C=O) groups is 1. The third-order valence-corrected chi connectivity index (χ3v) is 7.26. The first kappa shape index (κ1) is 27.2. The number of aliphatic hydroxyl groups is 1. The van der Waals surface area contributed by atoms with E-state index in [0.29, 0.717) is 50.5 Å². The molecule has 2 aromatic carbocycles. The van der Waals surface area contributed by atoms with E-state index in [9.17, 15) is 14.3 Å². The van der Waals surface area contributed by atoms with Gasteiger partial charge in [0.2, 0.25) is 5.91 Å². The topological polar surface area (TPSA) is 71.5 Å². The van der Waals surface area contributed by atoms with E-state index in [1.54, 1.807) is 25.3 Å². The van der Waals surface area contributed by atoms with Crippen molar-refractivity contribution in [2.45, 2.75) is 57.1 Å². The Balaban J connectivity index is 1.22. The lowest BCUT2D eigenvalue weighted by Gasteiger charge is -2.38. The van der Waals surface area contributed by atoms with Crippen molar-refractivity contribution in [3.05, 3.63) is 53.8 Å². The molecule has 0 radical (unpaired) electrons. The predicted octanol–water partition coefficient (Wildman–Crippen LogP) is 4.41. The molecule has 0 bridgehead atoms. The summed E-state index contributed by atoms with van der Waals surface area (Å²) in [5, 5.41) is 10.9. The highest BCUT2D eigenvalue weighted by Gasteiger charge is 2.33. The number of methoxy groups -OCH3 is 1. The van der Waals surface area contributed by atoms with Gasteiger partial charge >= 0.3 is 0 Å². The number of likely N-dealkylation sites (tertiary alicyclic amines) is 2.